The van der Waals surface area contributed by atoms with Gasteiger partial charge in [-0.1, -0.05) is 24.3 Å². The molecule has 0 aliphatic carbocycles. The van der Waals surface area contributed by atoms with E-state index < -0.39 is 0 Å². The molecule has 1 fully saturated rings. The van der Waals surface area contributed by atoms with Gasteiger partial charge in [0.2, 0.25) is 5.91 Å². The number of aryl methyl sites for hydroxylation is 2. The van der Waals surface area contributed by atoms with Crippen molar-refractivity contribution in [1.82, 2.24) is 9.47 Å². The van der Waals surface area contributed by atoms with E-state index in [1.165, 1.54) is 16.6 Å². The summed E-state index contributed by atoms with van der Waals surface area (Å²) in [7, 11) is 5.38. The fraction of sp³-hybridized carbons (Fsp3) is 0.375. The van der Waals surface area contributed by atoms with Gasteiger partial charge in [0.1, 0.15) is 0 Å². The summed E-state index contributed by atoms with van der Waals surface area (Å²) in [5.74, 6) is 2.04. The fourth-order valence-electron chi connectivity index (χ4n) is 4.38. The molecule has 2 heterocycles. The normalized spacial score (nSPS) is 16.4. The van der Waals surface area contributed by atoms with Gasteiger partial charge in [-0.2, -0.15) is 0 Å². The van der Waals surface area contributed by atoms with E-state index in [0.717, 1.165) is 25.1 Å². The molecule has 152 valence electrons. The third kappa shape index (κ3) is 3.82. The molecule has 1 aromatic heterocycles. The summed E-state index contributed by atoms with van der Waals surface area (Å²) in [6.07, 6.45) is 2.23. The molecule has 4 rings (SSSR count). The summed E-state index contributed by atoms with van der Waals surface area (Å²) in [4.78, 5) is 14.8. The molecule has 0 spiro atoms. The Morgan fingerprint density at radius 1 is 1.07 bits per heavy atom. The number of hydrogen-bond donors (Lipinski definition) is 0. The van der Waals surface area contributed by atoms with Crippen molar-refractivity contribution in [3.05, 3.63) is 59.8 Å². The lowest BCUT2D eigenvalue weighted by molar-refractivity contribution is -0.130. The van der Waals surface area contributed by atoms with Crippen molar-refractivity contribution in [2.75, 3.05) is 27.3 Å². The molecule has 1 aliphatic rings. The van der Waals surface area contributed by atoms with Crippen LogP contribution >= 0.6 is 0 Å². The van der Waals surface area contributed by atoms with Crippen LogP contribution in [-0.2, 0) is 18.3 Å². The zero-order valence-corrected chi connectivity index (χ0v) is 17.4. The van der Waals surface area contributed by atoms with Gasteiger partial charge in [0.15, 0.2) is 11.5 Å². The highest BCUT2D eigenvalue weighted by atomic mass is 16.5. The topological polar surface area (TPSA) is 43.7 Å². The SMILES string of the molecule is COc1ccc(CCC(=O)N2CCC(c3cc4ccccc4n3C)C2)cc1OC. The van der Waals surface area contributed by atoms with E-state index in [0.29, 0.717) is 30.3 Å². The maximum Gasteiger partial charge on any atom is 0.222 e. The first-order chi connectivity index (χ1) is 14.1. The van der Waals surface area contributed by atoms with E-state index in [-0.39, 0.29) is 5.91 Å². The Bertz CT molecular complexity index is 1020. The average Bonchev–Trinajstić information content (AvgIpc) is 3.37. The van der Waals surface area contributed by atoms with Crippen LogP contribution in [0.1, 0.15) is 30.0 Å². The van der Waals surface area contributed by atoms with Crippen LogP contribution in [0, 0.1) is 0 Å². The van der Waals surface area contributed by atoms with Gasteiger partial charge >= 0.3 is 0 Å². The molecular formula is C24H28N2O3. The molecule has 1 atom stereocenters. The maximum atomic E-state index is 12.8. The zero-order chi connectivity index (χ0) is 20.4. The third-order valence-electron chi connectivity index (χ3n) is 6.02. The Labute approximate surface area is 171 Å². The first-order valence-electron chi connectivity index (χ1n) is 10.1. The van der Waals surface area contributed by atoms with Crippen LogP contribution in [0.15, 0.2) is 48.5 Å². The summed E-state index contributed by atoms with van der Waals surface area (Å²) in [5.41, 5.74) is 3.66. The second-order valence-corrected chi connectivity index (χ2v) is 7.70. The van der Waals surface area contributed by atoms with E-state index >= 15 is 0 Å². The maximum absolute atomic E-state index is 12.8. The Balaban J connectivity index is 1.39. The minimum Gasteiger partial charge on any atom is -0.493 e. The number of ether oxygens (including phenoxy) is 2. The van der Waals surface area contributed by atoms with Gasteiger partial charge in [0.05, 0.1) is 14.2 Å². The standard InChI is InChI=1S/C24H28N2O3/c1-25-20-7-5-4-6-18(20)15-21(25)19-12-13-26(16-19)24(27)11-9-17-8-10-22(28-2)23(14-17)29-3/h4-8,10,14-15,19H,9,11-13,16H2,1-3H3. The molecule has 0 saturated carbocycles. The van der Waals surface area contributed by atoms with E-state index in [1.54, 1.807) is 14.2 Å². The number of hydrogen-bond acceptors (Lipinski definition) is 3. The van der Waals surface area contributed by atoms with Crippen LogP contribution in [0.4, 0.5) is 0 Å². The van der Waals surface area contributed by atoms with Gasteiger partial charge in [0.25, 0.3) is 0 Å². The lowest BCUT2D eigenvalue weighted by Gasteiger charge is -2.17. The lowest BCUT2D eigenvalue weighted by atomic mass is 10.0. The van der Waals surface area contributed by atoms with Gasteiger partial charge in [0, 0.05) is 43.7 Å². The summed E-state index contributed by atoms with van der Waals surface area (Å²) in [5, 5.41) is 1.27. The van der Waals surface area contributed by atoms with Crippen molar-refractivity contribution < 1.29 is 14.3 Å². The molecule has 1 amide bonds. The minimum absolute atomic E-state index is 0.223. The van der Waals surface area contributed by atoms with Gasteiger partial charge in [-0.25, -0.2) is 0 Å². The summed E-state index contributed by atoms with van der Waals surface area (Å²) in [6.45, 7) is 1.63. The van der Waals surface area contributed by atoms with Gasteiger partial charge in [-0.3, -0.25) is 4.79 Å². The summed E-state index contributed by atoms with van der Waals surface area (Å²) >= 11 is 0. The number of methoxy groups -OCH3 is 2. The number of para-hydroxylation sites is 1. The lowest BCUT2D eigenvalue weighted by Crippen LogP contribution is -2.28. The molecule has 0 N–H and O–H groups in total. The second kappa shape index (κ2) is 8.19. The Morgan fingerprint density at radius 2 is 1.86 bits per heavy atom. The number of amides is 1. The van der Waals surface area contributed by atoms with Crippen molar-refractivity contribution >= 4 is 16.8 Å². The Kier molecular flexibility index (Phi) is 5.47. The monoisotopic (exact) mass is 392 g/mol. The number of aromatic nitrogens is 1. The number of rotatable bonds is 6. The number of fused-ring (bicyclic) bond motifs is 1. The van der Waals surface area contributed by atoms with Gasteiger partial charge < -0.3 is 18.9 Å². The van der Waals surface area contributed by atoms with Crippen LogP contribution in [-0.4, -0.2) is 42.7 Å². The van der Waals surface area contributed by atoms with Crippen LogP contribution in [0.5, 0.6) is 11.5 Å². The van der Waals surface area contributed by atoms with Crippen LogP contribution in [0.25, 0.3) is 10.9 Å². The highest BCUT2D eigenvalue weighted by Crippen LogP contribution is 2.32. The van der Waals surface area contributed by atoms with E-state index in [9.17, 15) is 4.79 Å². The average molecular weight is 392 g/mol. The third-order valence-corrected chi connectivity index (χ3v) is 6.02. The number of carbonyl (C=O) groups excluding carboxylic acids is 1. The molecule has 29 heavy (non-hydrogen) atoms. The molecule has 1 unspecified atom stereocenters. The number of benzene rings is 2. The zero-order valence-electron chi connectivity index (χ0n) is 17.4. The van der Waals surface area contributed by atoms with Crippen LogP contribution < -0.4 is 9.47 Å². The van der Waals surface area contributed by atoms with Crippen molar-refractivity contribution in [2.45, 2.75) is 25.2 Å². The highest BCUT2D eigenvalue weighted by Gasteiger charge is 2.29. The summed E-state index contributed by atoms with van der Waals surface area (Å²) in [6, 6.07) is 16.6. The highest BCUT2D eigenvalue weighted by molar-refractivity contribution is 5.81. The van der Waals surface area contributed by atoms with Crippen molar-refractivity contribution in [1.29, 1.82) is 0 Å². The first-order valence-corrected chi connectivity index (χ1v) is 10.1. The van der Waals surface area contributed by atoms with Gasteiger partial charge in [-0.05, 0) is 48.1 Å². The number of carbonyl (C=O) groups is 1. The van der Waals surface area contributed by atoms with Crippen molar-refractivity contribution in [3.8, 4) is 11.5 Å². The molecule has 5 nitrogen and oxygen atoms in total. The van der Waals surface area contributed by atoms with Gasteiger partial charge in [-0.15, -0.1) is 0 Å². The van der Waals surface area contributed by atoms with E-state index in [1.807, 2.05) is 23.1 Å². The molecular weight excluding hydrogens is 364 g/mol. The van der Waals surface area contributed by atoms with E-state index in [4.69, 9.17) is 9.47 Å². The molecule has 5 heteroatoms. The Hall–Kier alpha value is -2.95. The molecule has 0 bridgehead atoms. The number of likely N-dealkylation sites (tertiary alicyclic amines) is 1. The molecule has 1 aliphatic heterocycles. The predicted octanol–water partition coefficient (Wildman–Crippen LogP) is 4.14. The minimum atomic E-state index is 0.223. The van der Waals surface area contributed by atoms with Crippen LogP contribution in [0.3, 0.4) is 0 Å². The smallest absolute Gasteiger partial charge is 0.222 e. The van der Waals surface area contributed by atoms with Crippen molar-refractivity contribution in [3.63, 3.8) is 0 Å². The largest absolute Gasteiger partial charge is 0.493 e. The predicted molar refractivity (Wildman–Crippen MR) is 115 cm³/mol. The quantitative estimate of drug-likeness (QED) is 0.633. The number of nitrogens with zero attached hydrogens (tertiary/aromatic N) is 2. The van der Waals surface area contributed by atoms with Crippen molar-refractivity contribution in [2.24, 2.45) is 7.05 Å². The fourth-order valence-corrected chi connectivity index (χ4v) is 4.38. The molecule has 2 aromatic carbocycles. The molecule has 3 aromatic rings. The molecule has 0 radical (unpaired) electrons. The molecule has 1 saturated heterocycles. The van der Waals surface area contributed by atoms with Crippen LogP contribution in [0.2, 0.25) is 0 Å². The Morgan fingerprint density at radius 3 is 2.62 bits per heavy atom. The second-order valence-electron chi connectivity index (χ2n) is 7.70. The first kappa shape index (κ1) is 19.4. The van der Waals surface area contributed by atoms with E-state index in [2.05, 4.69) is 41.9 Å². The summed E-state index contributed by atoms with van der Waals surface area (Å²) < 4.78 is 12.9.